The molecule has 2 rings (SSSR count). The summed E-state index contributed by atoms with van der Waals surface area (Å²) in [5.74, 6) is -0.812. The van der Waals surface area contributed by atoms with Crippen molar-refractivity contribution in [1.82, 2.24) is 9.62 Å². The molecular weight excluding hydrogens is 423 g/mol. The van der Waals surface area contributed by atoms with Gasteiger partial charge in [-0.15, -0.1) is 0 Å². The van der Waals surface area contributed by atoms with Gasteiger partial charge in [-0.3, -0.25) is 4.79 Å². The minimum atomic E-state index is -4.63. The Labute approximate surface area is 174 Å². The predicted octanol–water partition coefficient (Wildman–Crippen LogP) is 3.55. The molecule has 7 nitrogen and oxygen atoms in total. The van der Waals surface area contributed by atoms with Crippen LogP contribution in [-0.2, 0) is 14.8 Å². The molecule has 1 saturated heterocycles. The minimum Gasteiger partial charge on any atom is -0.332 e. The van der Waals surface area contributed by atoms with E-state index >= 15 is 0 Å². The van der Waals surface area contributed by atoms with Gasteiger partial charge < -0.3 is 10.2 Å². The van der Waals surface area contributed by atoms with Crippen LogP contribution in [0.3, 0.4) is 0 Å². The number of anilines is 1. The molecule has 1 unspecified atom stereocenters. The van der Waals surface area contributed by atoms with Crippen LogP contribution in [0.4, 0.5) is 23.7 Å². The molecule has 0 bridgehead atoms. The topological polar surface area (TPSA) is 95.6 Å². The van der Waals surface area contributed by atoms with Gasteiger partial charge in [-0.05, 0) is 23.0 Å². The summed E-state index contributed by atoms with van der Waals surface area (Å²) >= 11 is 0. The summed E-state index contributed by atoms with van der Waals surface area (Å²) in [6, 6.07) is 4.48. The number of hydrogen-bond donors (Lipinski definition) is 2. The van der Waals surface area contributed by atoms with E-state index in [0.29, 0.717) is 10.6 Å². The van der Waals surface area contributed by atoms with Crippen LogP contribution < -0.4 is 10.0 Å². The van der Waals surface area contributed by atoms with Gasteiger partial charge in [0.05, 0.1) is 0 Å². The van der Waals surface area contributed by atoms with Crippen LogP contribution in [0.15, 0.2) is 18.2 Å². The van der Waals surface area contributed by atoms with E-state index in [1.807, 2.05) is 50.6 Å². The molecule has 0 aliphatic carbocycles. The highest BCUT2D eigenvalue weighted by Crippen LogP contribution is 2.32. The number of para-hydroxylation sites is 1. The molecule has 1 aromatic rings. The summed E-state index contributed by atoms with van der Waals surface area (Å²) in [5, 5.41) is 1.13. The van der Waals surface area contributed by atoms with Crippen LogP contribution in [0.1, 0.15) is 57.1 Å². The molecule has 0 saturated carbocycles. The van der Waals surface area contributed by atoms with Crippen LogP contribution in [0.2, 0.25) is 0 Å². The van der Waals surface area contributed by atoms with Gasteiger partial charge in [0, 0.05) is 18.7 Å². The molecule has 1 aliphatic rings. The van der Waals surface area contributed by atoms with Gasteiger partial charge >= 0.3 is 12.2 Å². The van der Waals surface area contributed by atoms with Crippen LogP contribution in [0.5, 0.6) is 0 Å². The van der Waals surface area contributed by atoms with Crippen molar-refractivity contribution >= 4 is 27.6 Å². The molecule has 1 fully saturated rings. The van der Waals surface area contributed by atoms with Gasteiger partial charge in [-0.25, -0.2) is 17.9 Å². The number of carbonyl (C=O) groups is 2. The summed E-state index contributed by atoms with van der Waals surface area (Å²) in [7, 11) is -4.36. The average molecular weight is 449 g/mol. The largest absolute Gasteiger partial charge is 0.406 e. The zero-order chi connectivity index (χ0) is 22.9. The van der Waals surface area contributed by atoms with Crippen molar-refractivity contribution in [3.63, 3.8) is 0 Å². The number of rotatable bonds is 6. The van der Waals surface area contributed by atoms with Crippen LogP contribution in [-0.4, -0.2) is 49.8 Å². The fourth-order valence-electron chi connectivity index (χ4n) is 3.36. The molecule has 1 aliphatic heterocycles. The lowest BCUT2D eigenvalue weighted by Gasteiger charge is -2.21. The number of carbonyl (C=O) groups excluding carboxylic acids is 2. The third kappa shape index (κ3) is 5.87. The number of sulfonamides is 1. The van der Waals surface area contributed by atoms with Gasteiger partial charge in [-0.2, -0.15) is 13.2 Å². The first-order chi connectivity index (χ1) is 13.7. The van der Waals surface area contributed by atoms with E-state index < -0.39 is 52.9 Å². The van der Waals surface area contributed by atoms with Gasteiger partial charge in [0.15, 0.2) is 0 Å². The quantitative estimate of drug-likeness (QED) is 0.694. The van der Waals surface area contributed by atoms with E-state index in [4.69, 9.17) is 0 Å². The van der Waals surface area contributed by atoms with E-state index in [9.17, 15) is 31.2 Å². The lowest BCUT2D eigenvalue weighted by molar-refractivity contribution is -0.157. The number of benzene rings is 1. The number of halogens is 3. The fourth-order valence-corrected chi connectivity index (χ4v) is 4.57. The van der Waals surface area contributed by atoms with E-state index in [1.165, 1.54) is 0 Å². The maximum absolute atomic E-state index is 12.5. The molecule has 3 amide bonds. The summed E-state index contributed by atoms with van der Waals surface area (Å²) in [6.45, 7) is 5.57. The Morgan fingerprint density at radius 2 is 1.70 bits per heavy atom. The number of likely N-dealkylation sites (tertiary alicyclic amines) is 1. The summed E-state index contributed by atoms with van der Waals surface area (Å²) in [6.07, 6.45) is -5.24. The first-order valence-electron chi connectivity index (χ1n) is 9.51. The normalized spacial score (nSPS) is 17.7. The van der Waals surface area contributed by atoms with E-state index in [1.54, 1.807) is 0 Å². The number of urea groups is 1. The van der Waals surface area contributed by atoms with Crippen LogP contribution in [0, 0.1) is 0 Å². The third-order valence-corrected chi connectivity index (χ3v) is 6.50. The average Bonchev–Trinajstić information content (AvgIpc) is 2.93. The van der Waals surface area contributed by atoms with E-state index in [2.05, 4.69) is 5.32 Å². The number of nitrogens with zero attached hydrogens (tertiary/aromatic N) is 1. The molecule has 0 aromatic heterocycles. The molecule has 168 valence electrons. The number of alkyl halides is 3. The first kappa shape index (κ1) is 24.0. The molecule has 11 heteroatoms. The smallest absolute Gasteiger partial charge is 0.332 e. The molecule has 1 heterocycles. The number of amides is 3. The standard InChI is InChI=1S/C19H26F3N3O4S/c1-11(2)14-6-5-7-15(12(3)4)17(14)23-18(27)24-30(28,29)13-8-16(26)25(9-13)10-19(20,21)22/h5-7,11-13H,8-10H2,1-4H3,(H2,23,24,27). The van der Waals surface area contributed by atoms with Crippen molar-refractivity contribution in [3.05, 3.63) is 29.3 Å². The Balaban J connectivity index is 2.16. The van der Waals surface area contributed by atoms with Gasteiger partial charge in [0.2, 0.25) is 15.9 Å². The molecule has 30 heavy (non-hydrogen) atoms. The molecule has 0 radical (unpaired) electrons. The second kappa shape index (κ2) is 8.83. The lowest BCUT2D eigenvalue weighted by Crippen LogP contribution is -2.43. The third-order valence-electron chi connectivity index (χ3n) is 4.83. The number of hydrogen-bond acceptors (Lipinski definition) is 4. The SMILES string of the molecule is CC(C)c1cccc(C(C)C)c1NC(=O)NS(=O)(=O)C1CC(=O)N(CC(F)(F)F)C1. The van der Waals surface area contributed by atoms with Crippen LogP contribution >= 0.6 is 0 Å². The zero-order valence-electron chi connectivity index (χ0n) is 17.2. The highest BCUT2D eigenvalue weighted by Gasteiger charge is 2.43. The Kier molecular flexibility index (Phi) is 7.05. The second-order valence-corrected chi connectivity index (χ2v) is 9.90. The van der Waals surface area contributed by atoms with E-state index in [0.717, 1.165) is 11.1 Å². The second-order valence-electron chi connectivity index (χ2n) is 7.94. The summed E-state index contributed by atoms with van der Waals surface area (Å²) < 4.78 is 64.5. The Morgan fingerprint density at radius 1 is 1.17 bits per heavy atom. The van der Waals surface area contributed by atoms with Crippen molar-refractivity contribution in [2.45, 2.75) is 57.4 Å². The summed E-state index contributed by atoms with van der Waals surface area (Å²) in [4.78, 5) is 24.6. The van der Waals surface area contributed by atoms with Crippen molar-refractivity contribution in [3.8, 4) is 0 Å². The minimum absolute atomic E-state index is 0.0546. The van der Waals surface area contributed by atoms with Crippen LogP contribution in [0.25, 0.3) is 0 Å². The predicted molar refractivity (Wildman–Crippen MR) is 107 cm³/mol. The molecule has 0 spiro atoms. The van der Waals surface area contributed by atoms with Gasteiger partial charge in [0.25, 0.3) is 0 Å². The van der Waals surface area contributed by atoms with Gasteiger partial charge in [0.1, 0.15) is 11.8 Å². The Bertz CT molecular complexity index is 888. The molecule has 1 aromatic carbocycles. The first-order valence-corrected chi connectivity index (χ1v) is 11.1. The maximum atomic E-state index is 12.5. The molecule has 2 N–H and O–H groups in total. The Hall–Kier alpha value is -2.30. The Morgan fingerprint density at radius 3 is 2.17 bits per heavy atom. The van der Waals surface area contributed by atoms with Crippen molar-refractivity contribution in [2.24, 2.45) is 0 Å². The lowest BCUT2D eigenvalue weighted by atomic mass is 9.93. The zero-order valence-corrected chi connectivity index (χ0v) is 18.0. The van der Waals surface area contributed by atoms with Crippen molar-refractivity contribution in [1.29, 1.82) is 0 Å². The fraction of sp³-hybridized carbons (Fsp3) is 0.579. The van der Waals surface area contributed by atoms with Crippen molar-refractivity contribution in [2.75, 3.05) is 18.4 Å². The number of nitrogens with one attached hydrogen (secondary N) is 2. The molecule has 1 atom stereocenters. The monoisotopic (exact) mass is 449 g/mol. The summed E-state index contributed by atoms with van der Waals surface area (Å²) in [5.41, 5.74) is 2.14. The van der Waals surface area contributed by atoms with E-state index in [-0.39, 0.29) is 11.8 Å². The van der Waals surface area contributed by atoms with Crippen molar-refractivity contribution < 1.29 is 31.2 Å². The highest BCUT2D eigenvalue weighted by atomic mass is 32.2. The highest BCUT2D eigenvalue weighted by molar-refractivity contribution is 7.90. The maximum Gasteiger partial charge on any atom is 0.406 e. The molecular formula is C19H26F3N3O4S. The van der Waals surface area contributed by atoms with Gasteiger partial charge in [-0.1, -0.05) is 45.9 Å².